The van der Waals surface area contributed by atoms with Gasteiger partial charge in [0.25, 0.3) is 5.91 Å². The quantitative estimate of drug-likeness (QED) is 0.197. The third-order valence-electron chi connectivity index (χ3n) is 4.62. The molecule has 184 valence electrons. The largest absolute Gasteiger partial charge is 0.490 e. The number of methoxy groups -OCH3 is 1. The van der Waals surface area contributed by atoms with Crippen molar-refractivity contribution in [1.82, 2.24) is 10.2 Å². The maximum Gasteiger partial charge on any atom is 0.343 e. The van der Waals surface area contributed by atoms with Crippen LogP contribution in [0.5, 0.6) is 11.5 Å². The van der Waals surface area contributed by atoms with Crippen LogP contribution in [-0.2, 0) is 19.1 Å². The van der Waals surface area contributed by atoms with Gasteiger partial charge in [0.1, 0.15) is 18.1 Å². The fraction of sp³-hybridized carbons (Fsp3) is 0.217. The second-order valence-electron chi connectivity index (χ2n) is 7.04. The molecule has 0 aliphatic carbocycles. The molecule has 1 aliphatic rings. The van der Waals surface area contributed by atoms with Crippen molar-refractivity contribution in [1.29, 1.82) is 0 Å². The molecule has 2 aromatic rings. The predicted molar refractivity (Wildman–Crippen MR) is 131 cm³/mol. The summed E-state index contributed by atoms with van der Waals surface area (Å²) in [6.45, 7) is 1.17. The summed E-state index contributed by atoms with van der Waals surface area (Å²) >= 11 is 1.99. The van der Waals surface area contributed by atoms with E-state index in [-0.39, 0.29) is 18.0 Å². The van der Waals surface area contributed by atoms with Crippen LogP contribution < -0.4 is 20.1 Å². The highest BCUT2D eigenvalue weighted by atomic mass is 127. The normalized spacial score (nSPS) is 14.1. The lowest BCUT2D eigenvalue weighted by Gasteiger charge is -2.14. The average Bonchev–Trinajstić information content (AvgIpc) is 3.07. The second-order valence-corrected chi connectivity index (χ2v) is 8.20. The van der Waals surface area contributed by atoms with E-state index < -0.39 is 36.2 Å². The number of halogens is 2. The molecule has 0 aromatic heterocycles. The smallest absolute Gasteiger partial charge is 0.343 e. The highest BCUT2D eigenvalue weighted by molar-refractivity contribution is 14.1. The number of hydrogen-bond acceptors (Lipinski definition) is 7. The lowest BCUT2D eigenvalue weighted by atomic mass is 10.1. The van der Waals surface area contributed by atoms with Crippen molar-refractivity contribution in [2.24, 2.45) is 0 Å². The zero-order valence-corrected chi connectivity index (χ0v) is 20.9. The Hall–Kier alpha value is -3.68. The number of nitrogens with zero attached hydrogens (tertiary/aromatic N) is 1. The van der Waals surface area contributed by atoms with E-state index in [1.807, 2.05) is 22.6 Å². The number of rotatable bonds is 9. The summed E-state index contributed by atoms with van der Waals surface area (Å²) < 4.78 is 30.0. The molecule has 10 nitrogen and oxygen atoms in total. The maximum absolute atomic E-state index is 13.7. The van der Waals surface area contributed by atoms with Gasteiger partial charge >= 0.3 is 12.0 Å². The van der Waals surface area contributed by atoms with Crippen molar-refractivity contribution < 1.29 is 37.8 Å². The Kier molecular flexibility index (Phi) is 8.63. The summed E-state index contributed by atoms with van der Waals surface area (Å²) in [4.78, 5) is 49.5. The molecule has 3 rings (SSSR count). The molecule has 0 atom stereocenters. The molecule has 0 spiro atoms. The Morgan fingerprint density at radius 3 is 2.63 bits per heavy atom. The molecular weight excluding hydrogens is 576 g/mol. The van der Waals surface area contributed by atoms with E-state index in [1.165, 1.54) is 37.5 Å². The minimum atomic E-state index is -0.789. The number of esters is 1. The third kappa shape index (κ3) is 6.47. The molecule has 0 saturated carbocycles. The van der Waals surface area contributed by atoms with E-state index in [1.54, 1.807) is 19.1 Å². The lowest BCUT2D eigenvalue weighted by molar-refractivity contribution is -0.143. The van der Waals surface area contributed by atoms with Crippen molar-refractivity contribution >= 4 is 58.2 Å². The maximum atomic E-state index is 13.7. The summed E-state index contributed by atoms with van der Waals surface area (Å²) in [5, 5.41) is 4.76. The number of anilines is 1. The number of amides is 4. The Morgan fingerprint density at radius 1 is 1.20 bits per heavy atom. The first-order valence-corrected chi connectivity index (χ1v) is 11.4. The Bertz CT molecular complexity index is 1200. The fourth-order valence-electron chi connectivity index (χ4n) is 3.04. The summed E-state index contributed by atoms with van der Waals surface area (Å²) in [5.41, 5.74) is 0.382. The van der Waals surface area contributed by atoms with E-state index in [4.69, 9.17) is 9.47 Å². The molecular formula is C23H21FIN3O7. The zero-order valence-electron chi connectivity index (χ0n) is 18.7. The third-order valence-corrected chi connectivity index (χ3v) is 5.42. The van der Waals surface area contributed by atoms with Crippen molar-refractivity contribution in [2.75, 3.05) is 32.2 Å². The first-order chi connectivity index (χ1) is 16.7. The number of carbonyl (C=O) groups is 4. The number of carbonyl (C=O) groups excluding carboxylic acids is 4. The highest BCUT2D eigenvalue weighted by Gasteiger charge is 2.35. The van der Waals surface area contributed by atoms with E-state index in [0.717, 1.165) is 0 Å². The van der Waals surface area contributed by atoms with Gasteiger partial charge in [-0.2, -0.15) is 0 Å². The molecule has 1 aliphatic heterocycles. The minimum Gasteiger partial charge on any atom is -0.490 e. The van der Waals surface area contributed by atoms with Crippen LogP contribution in [0.2, 0.25) is 0 Å². The van der Waals surface area contributed by atoms with Gasteiger partial charge in [0.05, 0.1) is 23.0 Å². The predicted octanol–water partition coefficient (Wildman–Crippen LogP) is 2.91. The molecule has 2 N–H and O–H groups in total. The van der Waals surface area contributed by atoms with Crippen molar-refractivity contribution in [3.05, 3.63) is 57.0 Å². The van der Waals surface area contributed by atoms with Crippen molar-refractivity contribution in [3.8, 4) is 11.5 Å². The topological polar surface area (TPSA) is 123 Å². The fourth-order valence-corrected chi connectivity index (χ4v) is 3.82. The summed E-state index contributed by atoms with van der Waals surface area (Å²) in [6, 6.07) is 8.00. The number of ether oxygens (including phenoxy) is 3. The van der Waals surface area contributed by atoms with E-state index in [9.17, 15) is 23.6 Å². The van der Waals surface area contributed by atoms with Gasteiger partial charge in [0.15, 0.2) is 18.1 Å². The molecule has 1 fully saturated rings. The minimum absolute atomic E-state index is 0.0600. The molecule has 4 amide bonds. The lowest BCUT2D eigenvalue weighted by Crippen LogP contribution is -2.38. The van der Waals surface area contributed by atoms with Crippen molar-refractivity contribution in [2.45, 2.75) is 6.92 Å². The second kappa shape index (κ2) is 11.6. The number of para-hydroxylation sites is 1. The van der Waals surface area contributed by atoms with Gasteiger partial charge in [-0.1, -0.05) is 12.1 Å². The van der Waals surface area contributed by atoms with Crippen LogP contribution in [0.15, 0.2) is 42.1 Å². The van der Waals surface area contributed by atoms with Crippen LogP contribution in [0.1, 0.15) is 12.5 Å². The number of imide groups is 1. The standard InChI is InChI=1S/C23H21FIN3O7/c1-3-34-18-10-13(8-15(25)21(18)35-12-20(30)33-2)9-17-22(31)28(23(32)27-17)11-19(29)26-16-7-5-4-6-14(16)24/h4-10H,3,11-12H2,1-2H3,(H,26,29)(H,27,32)/b17-9+. The Labute approximate surface area is 213 Å². The SMILES string of the molecule is CCOc1cc(/C=C2/NC(=O)N(CC(=O)Nc3ccccc3F)C2=O)cc(I)c1OCC(=O)OC. The van der Waals surface area contributed by atoms with Gasteiger partial charge in [0.2, 0.25) is 5.91 Å². The van der Waals surface area contributed by atoms with Crippen LogP contribution in [0, 0.1) is 9.39 Å². The van der Waals surface area contributed by atoms with Crippen molar-refractivity contribution in [3.63, 3.8) is 0 Å². The van der Waals surface area contributed by atoms with Crippen LogP contribution in [-0.4, -0.2) is 55.6 Å². The highest BCUT2D eigenvalue weighted by Crippen LogP contribution is 2.35. The number of urea groups is 1. The van der Waals surface area contributed by atoms with Gasteiger partial charge in [-0.15, -0.1) is 0 Å². The Balaban J connectivity index is 1.77. The number of hydrogen-bond donors (Lipinski definition) is 2. The molecule has 0 unspecified atom stereocenters. The van der Waals surface area contributed by atoms with E-state index in [2.05, 4.69) is 15.4 Å². The first kappa shape index (κ1) is 25.9. The Morgan fingerprint density at radius 2 is 1.94 bits per heavy atom. The van der Waals surface area contributed by atoms with E-state index in [0.29, 0.717) is 32.1 Å². The molecule has 12 heteroatoms. The summed E-state index contributed by atoms with van der Waals surface area (Å²) in [6.07, 6.45) is 1.42. The molecule has 35 heavy (non-hydrogen) atoms. The zero-order chi connectivity index (χ0) is 25.5. The van der Waals surface area contributed by atoms with Gasteiger partial charge < -0.3 is 24.8 Å². The van der Waals surface area contributed by atoms with Crippen LogP contribution in [0.25, 0.3) is 6.08 Å². The van der Waals surface area contributed by atoms with Crippen LogP contribution in [0.3, 0.4) is 0 Å². The van der Waals surface area contributed by atoms with Crippen LogP contribution >= 0.6 is 22.6 Å². The molecule has 0 radical (unpaired) electrons. The van der Waals surface area contributed by atoms with Gasteiger partial charge in [-0.3, -0.25) is 9.59 Å². The molecule has 2 aromatic carbocycles. The van der Waals surface area contributed by atoms with Gasteiger partial charge in [0, 0.05) is 0 Å². The first-order valence-electron chi connectivity index (χ1n) is 10.3. The number of nitrogens with one attached hydrogen (secondary N) is 2. The molecule has 1 heterocycles. The molecule has 0 bridgehead atoms. The van der Waals surface area contributed by atoms with E-state index >= 15 is 0 Å². The van der Waals surface area contributed by atoms with Gasteiger partial charge in [-0.25, -0.2) is 18.9 Å². The number of benzene rings is 2. The monoisotopic (exact) mass is 597 g/mol. The summed E-state index contributed by atoms with van der Waals surface area (Å²) in [5.74, 6) is -2.01. The summed E-state index contributed by atoms with van der Waals surface area (Å²) in [7, 11) is 1.25. The molecule has 1 saturated heterocycles. The van der Waals surface area contributed by atoms with Crippen LogP contribution in [0.4, 0.5) is 14.9 Å². The average molecular weight is 597 g/mol. The van der Waals surface area contributed by atoms with Gasteiger partial charge in [-0.05, 0) is 65.4 Å².